The minimum atomic E-state index is -1.97. The van der Waals surface area contributed by atoms with E-state index in [4.69, 9.17) is 18.6 Å². The van der Waals surface area contributed by atoms with Crippen LogP contribution in [-0.4, -0.2) is 74.4 Å². The number of hydrogen-bond acceptors (Lipinski definition) is 11. The van der Waals surface area contributed by atoms with E-state index in [9.17, 15) is 40.2 Å². The first-order valence-electron chi connectivity index (χ1n) is 9.88. The minimum absolute atomic E-state index is 0.190. The predicted octanol–water partition coefficient (Wildman–Crippen LogP) is 0.151. The van der Waals surface area contributed by atoms with Crippen LogP contribution in [0.2, 0.25) is 0 Å². The van der Waals surface area contributed by atoms with Gasteiger partial charge in [-0.05, 0) is 24.3 Å². The Balaban J connectivity index is 1.88. The van der Waals surface area contributed by atoms with Crippen LogP contribution in [0.4, 0.5) is 0 Å². The topological polar surface area (TPSA) is 196 Å². The number of fused-ring (bicyclic) bond motifs is 1. The first kappa shape index (κ1) is 23.3. The molecule has 2 heterocycles. The van der Waals surface area contributed by atoms with Crippen molar-refractivity contribution >= 4 is 16.9 Å². The van der Waals surface area contributed by atoms with Gasteiger partial charge in [-0.15, -0.1) is 0 Å². The molecule has 1 aromatic heterocycles. The van der Waals surface area contributed by atoms with E-state index in [-0.39, 0.29) is 28.0 Å². The molecule has 1 saturated heterocycles. The number of benzene rings is 2. The molecule has 34 heavy (non-hydrogen) atoms. The summed E-state index contributed by atoms with van der Waals surface area (Å²) in [6, 6.07) is 8.12. The molecule has 1 fully saturated rings. The number of hydrogen-bond donors (Lipinski definition) is 6. The Morgan fingerprint density at radius 3 is 2.29 bits per heavy atom. The molecule has 0 amide bonds. The van der Waals surface area contributed by atoms with Crippen LogP contribution in [0.3, 0.4) is 0 Å². The van der Waals surface area contributed by atoms with E-state index in [2.05, 4.69) is 0 Å². The summed E-state index contributed by atoms with van der Waals surface area (Å²) >= 11 is 0. The third-order valence-corrected chi connectivity index (χ3v) is 5.32. The average Bonchev–Trinajstić information content (AvgIpc) is 2.80. The van der Waals surface area contributed by atoms with Crippen molar-refractivity contribution in [1.29, 1.82) is 0 Å². The Bertz CT molecular complexity index is 1280. The number of carboxylic acid groups (broad SMARTS) is 1. The standard InChI is InChI=1S/C22H20O12/c1-31-10-4-2-8(3-5-10)18-19(14(25)13-11(24)6-9(23)7-12(13)32-18)33-22-17(28)15(26)16(27)20(34-22)21(29)30/h2-7,15-17,20,22-24,26-28H,1H3,(H,29,30)/t15-,16-,17+,20-,22+/m0/s1. The van der Waals surface area contributed by atoms with Gasteiger partial charge in [0.25, 0.3) is 0 Å². The SMILES string of the molecule is COc1ccc(-c2oc3cc(O)cc(O)c3c(=O)c2O[C@@H]2O[C@H](C(=O)O)[C@@H](O)[C@H](O)[C@H]2O)cc1. The van der Waals surface area contributed by atoms with Crippen LogP contribution >= 0.6 is 0 Å². The van der Waals surface area contributed by atoms with Crippen LogP contribution in [0, 0.1) is 0 Å². The summed E-state index contributed by atoms with van der Waals surface area (Å²) in [5, 5.41) is 59.2. The van der Waals surface area contributed by atoms with Crippen molar-refractivity contribution in [3.63, 3.8) is 0 Å². The van der Waals surface area contributed by atoms with Gasteiger partial charge in [0, 0.05) is 17.7 Å². The Morgan fingerprint density at radius 1 is 1.00 bits per heavy atom. The minimum Gasteiger partial charge on any atom is -0.508 e. The molecule has 12 nitrogen and oxygen atoms in total. The Morgan fingerprint density at radius 2 is 1.68 bits per heavy atom. The number of ether oxygens (including phenoxy) is 3. The van der Waals surface area contributed by atoms with Crippen LogP contribution in [0.5, 0.6) is 23.0 Å². The molecule has 5 atom stereocenters. The first-order valence-corrected chi connectivity index (χ1v) is 9.88. The van der Waals surface area contributed by atoms with Crippen LogP contribution < -0.4 is 14.9 Å². The lowest BCUT2D eigenvalue weighted by molar-refractivity contribution is -0.271. The van der Waals surface area contributed by atoms with Gasteiger partial charge in [0.15, 0.2) is 11.9 Å². The highest BCUT2D eigenvalue weighted by molar-refractivity contribution is 5.88. The second kappa shape index (κ2) is 8.83. The predicted molar refractivity (Wildman–Crippen MR) is 113 cm³/mol. The third kappa shape index (κ3) is 3.99. The fourth-order valence-electron chi connectivity index (χ4n) is 3.57. The van der Waals surface area contributed by atoms with Crippen LogP contribution in [0.15, 0.2) is 45.6 Å². The quantitative estimate of drug-likeness (QED) is 0.292. The summed E-state index contributed by atoms with van der Waals surface area (Å²) in [4.78, 5) is 24.7. The summed E-state index contributed by atoms with van der Waals surface area (Å²) in [6.07, 6.45) is -9.75. The van der Waals surface area contributed by atoms with Crippen molar-refractivity contribution < 1.29 is 54.1 Å². The van der Waals surface area contributed by atoms with E-state index in [0.29, 0.717) is 5.75 Å². The van der Waals surface area contributed by atoms with E-state index in [1.807, 2.05) is 0 Å². The van der Waals surface area contributed by atoms with Gasteiger partial charge < -0.3 is 49.3 Å². The van der Waals surface area contributed by atoms with Crippen LogP contribution in [0.1, 0.15) is 0 Å². The highest BCUT2D eigenvalue weighted by Gasteiger charge is 2.48. The number of aromatic hydroxyl groups is 2. The third-order valence-electron chi connectivity index (χ3n) is 5.32. The number of phenols is 2. The van der Waals surface area contributed by atoms with E-state index in [1.54, 1.807) is 12.1 Å². The smallest absolute Gasteiger partial charge is 0.335 e. The van der Waals surface area contributed by atoms with E-state index in [0.717, 1.165) is 12.1 Å². The molecule has 0 saturated carbocycles. The molecule has 1 aliphatic rings. The molecule has 4 rings (SSSR count). The number of phenolic OH excluding ortho intramolecular Hbond substituents is 2. The van der Waals surface area contributed by atoms with E-state index < -0.39 is 53.6 Å². The molecule has 3 aromatic rings. The molecule has 0 spiro atoms. The normalized spacial score (nSPS) is 24.6. The summed E-state index contributed by atoms with van der Waals surface area (Å²) in [5.74, 6) is -2.96. The summed E-state index contributed by atoms with van der Waals surface area (Å²) in [7, 11) is 1.45. The van der Waals surface area contributed by atoms with Gasteiger partial charge in [0.2, 0.25) is 17.5 Å². The van der Waals surface area contributed by atoms with Crippen LogP contribution in [0.25, 0.3) is 22.3 Å². The number of aliphatic carboxylic acids is 1. The van der Waals surface area contributed by atoms with Gasteiger partial charge in [0.05, 0.1) is 7.11 Å². The number of aliphatic hydroxyl groups excluding tert-OH is 3. The molecule has 0 bridgehead atoms. The maximum Gasteiger partial charge on any atom is 0.335 e. The number of aliphatic hydroxyl groups is 3. The molecular weight excluding hydrogens is 456 g/mol. The summed E-state index contributed by atoms with van der Waals surface area (Å²) in [5.41, 5.74) is -0.851. The average molecular weight is 476 g/mol. The van der Waals surface area contributed by atoms with Crippen molar-refractivity contribution in [2.45, 2.75) is 30.7 Å². The Labute approximate surface area is 190 Å². The van der Waals surface area contributed by atoms with E-state index >= 15 is 0 Å². The van der Waals surface area contributed by atoms with Gasteiger partial charge in [-0.2, -0.15) is 0 Å². The second-order valence-electron chi connectivity index (χ2n) is 7.51. The molecule has 180 valence electrons. The molecule has 0 radical (unpaired) electrons. The maximum atomic E-state index is 13.3. The Kier molecular flexibility index (Phi) is 6.06. The van der Waals surface area contributed by atoms with Gasteiger partial charge in [-0.1, -0.05) is 0 Å². The summed E-state index contributed by atoms with van der Waals surface area (Å²) in [6.45, 7) is 0. The molecule has 1 aliphatic heterocycles. The van der Waals surface area contributed by atoms with Crippen molar-refractivity contribution in [2.75, 3.05) is 7.11 Å². The number of rotatable bonds is 5. The zero-order valence-corrected chi connectivity index (χ0v) is 17.5. The van der Waals surface area contributed by atoms with Crippen LogP contribution in [-0.2, 0) is 9.53 Å². The van der Waals surface area contributed by atoms with Gasteiger partial charge in [0.1, 0.15) is 46.5 Å². The van der Waals surface area contributed by atoms with Crippen molar-refractivity contribution in [1.82, 2.24) is 0 Å². The first-order chi connectivity index (χ1) is 16.1. The van der Waals surface area contributed by atoms with Crippen molar-refractivity contribution in [3.05, 3.63) is 46.6 Å². The fraction of sp³-hybridized carbons (Fsp3) is 0.273. The van der Waals surface area contributed by atoms with Gasteiger partial charge in [-0.25, -0.2) is 4.79 Å². The Hall–Kier alpha value is -3.84. The lowest BCUT2D eigenvalue weighted by Crippen LogP contribution is -2.61. The molecule has 6 N–H and O–H groups in total. The van der Waals surface area contributed by atoms with Crippen molar-refractivity contribution in [2.24, 2.45) is 0 Å². The molecular formula is C22H20O12. The zero-order valence-electron chi connectivity index (χ0n) is 17.5. The number of carboxylic acids is 1. The van der Waals surface area contributed by atoms with Gasteiger partial charge >= 0.3 is 5.97 Å². The fourth-order valence-corrected chi connectivity index (χ4v) is 3.57. The number of carbonyl (C=O) groups is 1. The zero-order chi connectivity index (χ0) is 24.7. The molecule has 0 aliphatic carbocycles. The monoisotopic (exact) mass is 476 g/mol. The maximum absolute atomic E-state index is 13.3. The lowest BCUT2D eigenvalue weighted by atomic mass is 9.99. The highest BCUT2D eigenvalue weighted by atomic mass is 16.7. The second-order valence-corrected chi connectivity index (χ2v) is 7.51. The number of methoxy groups -OCH3 is 1. The highest BCUT2D eigenvalue weighted by Crippen LogP contribution is 2.37. The molecule has 12 heteroatoms. The molecule has 0 unspecified atom stereocenters. The molecule has 2 aromatic carbocycles. The summed E-state index contributed by atoms with van der Waals surface area (Å²) < 4.78 is 21.5. The van der Waals surface area contributed by atoms with Gasteiger partial charge in [-0.3, -0.25) is 4.79 Å². The largest absolute Gasteiger partial charge is 0.508 e. The lowest BCUT2D eigenvalue weighted by Gasteiger charge is -2.38. The van der Waals surface area contributed by atoms with E-state index in [1.165, 1.54) is 19.2 Å². The van der Waals surface area contributed by atoms with Crippen molar-refractivity contribution in [3.8, 4) is 34.3 Å².